The van der Waals surface area contributed by atoms with Crippen molar-refractivity contribution >= 4 is 11.6 Å². The van der Waals surface area contributed by atoms with E-state index in [0.717, 1.165) is 30.8 Å². The van der Waals surface area contributed by atoms with Gasteiger partial charge in [0.05, 0.1) is 13.2 Å². The molecular formula is C20H24N2O3. The molecule has 0 aliphatic carbocycles. The van der Waals surface area contributed by atoms with Gasteiger partial charge in [-0.05, 0) is 43.2 Å². The molecule has 0 spiro atoms. The summed E-state index contributed by atoms with van der Waals surface area (Å²) in [7, 11) is 1.64. The molecule has 0 saturated carbocycles. The van der Waals surface area contributed by atoms with Crippen LogP contribution in [0.2, 0.25) is 0 Å². The first-order valence-electron chi connectivity index (χ1n) is 8.55. The van der Waals surface area contributed by atoms with Crippen LogP contribution in [-0.4, -0.2) is 37.2 Å². The number of para-hydroxylation sites is 1. The fraction of sp³-hybridized carbons (Fsp3) is 0.350. The number of anilines is 1. The van der Waals surface area contributed by atoms with E-state index in [2.05, 4.69) is 0 Å². The molecule has 1 amide bonds. The lowest BCUT2D eigenvalue weighted by atomic mass is 10.1. The number of benzene rings is 2. The SMILES string of the molecule is COc1ccccc1CN(CC1CCCO1)C(=O)c1ccc(N)cc1. The van der Waals surface area contributed by atoms with Crippen LogP contribution in [-0.2, 0) is 11.3 Å². The van der Waals surface area contributed by atoms with Crippen molar-refractivity contribution < 1.29 is 14.3 Å². The van der Waals surface area contributed by atoms with E-state index in [9.17, 15) is 4.79 Å². The molecule has 1 aliphatic heterocycles. The highest BCUT2D eigenvalue weighted by Crippen LogP contribution is 2.22. The second-order valence-corrected chi connectivity index (χ2v) is 6.25. The Morgan fingerprint density at radius 3 is 2.68 bits per heavy atom. The molecule has 0 aromatic heterocycles. The minimum atomic E-state index is -0.0265. The van der Waals surface area contributed by atoms with Crippen LogP contribution in [0.3, 0.4) is 0 Å². The Labute approximate surface area is 148 Å². The maximum absolute atomic E-state index is 13.0. The zero-order valence-electron chi connectivity index (χ0n) is 14.5. The third-order valence-electron chi connectivity index (χ3n) is 4.45. The summed E-state index contributed by atoms with van der Waals surface area (Å²) in [5.41, 5.74) is 7.99. The summed E-state index contributed by atoms with van der Waals surface area (Å²) in [6.07, 6.45) is 2.12. The van der Waals surface area contributed by atoms with Gasteiger partial charge in [0, 0.05) is 36.5 Å². The van der Waals surface area contributed by atoms with Gasteiger partial charge in [-0.25, -0.2) is 0 Å². The zero-order chi connectivity index (χ0) is 17.6. The average Bonchev–Trinajstić information content (AvgIpc) is 3.15. The Morgan fingerprint density at radius 1 is 1.24 bits per heavy atom. The molecule has 2 aromatic rings. The number of methoxy groups -OCH3 is 1. The molecular weight excluding hydrogens is 316 g/mol. The highest BCUT2D eigenvalue weighted by molar-refractivity contribution is 5.94. The molecule has 2 N–H and O–H groups in total. The largest absolute Gasteiger partial charge is 0.496 e. The molecule has 25 heavy (non-hydrogen) atoms. The molecule has 5 heteroatoms. The summed E-state index contributed by atoms with van der Waals surface area (Å²) in [6, 6.07) is 14.8. The van der Waals surface area contributed by atoms with Crippen molar-refractivity contribution in [2.75, 3.05) is 26.0 Å². The molecule has 1 heterocycles. The number of nitrogens with two attached hydrogens (primary N) is 1. The number of amides is 1. The second kappa shape index (κ2) is 8.03. The first kappa shape index (κ1) is 17.3. The number of hydrogen-bond acceptors (Lipinski definition) is 4. The van der Waals surface area contributed by atoms with Gasteiger partial charge >= 0.3 is 0 Å². The summed E-state index contributed by atoms with van der Waals surface area (Å²) < 4.78 is 11.2. The van der Waals surface area contributed by atoms with E-state index in [0.29, 0.717) is 24.3 Å². The van der Waals surface area contributed by atoms with Crippen molar-refractivity contribution in [3.05, 3.63) is 59.7 Å². The molecule has 5 nitrogen and oxygen atoms in total. The fourth-order valence-electron chi connectivity index (χ4n) is 3.10. The number of ether oxygens (including phenoxy) is 2. The van der Waals surface area contributed by atoms with Crippen LogP contribution in [0, 0.1) is 0 Å². The fourth-order valence-corrected chi connectivity index (χ4v) is 3.10. The minimum Gasteiger partial charge on any atom is -0.496 e. The van der Waals surface area contributed by atoms with Crippen LogP contribution in [0.15, 0.2) is 48.5 Å². The van der Waals surface area contributed by atoms with Crippen LogP contribution >= 0.6 is 0 Å². The van der Waals surface area contributed by atoms with Crippen molar-refractivity contribution in [2.24, 2.45) is 0 Å². The minimum absolute atomic E-state index is 0.0265. The van der Waals surface area contributed by atoms with Gasteiger partial charge in [-0.3, -0.25) is 4.79 Å². The van der Waals surface area contributed by atoms with Crippen molar-refractivity contribution in [3.8, 4) is 5.75 Å². The summed E-state index contributed by atoms with van der Waals surface area (Å²) in [5.74, 6) is 0.756. The normalized spacial score (nSPS) is 16.6. The first-order chi connectivity index (χ1) is 12.2. The highest BCUT2D eigenvalue weighted by Gasteiger charge is 2.24. The molecule has 2 aromatic carbocycles. The van der Waals surface area contributed by atoms with E-state index >= 15 is 0 Å². The van der Waals surface area contributed by atoms with Gasteiger partial charge < -0.3 is 20.1 Å². The quantitative estimate of drug-likeness (QED) is 0.821. The molecule has 0 radical (unpaired) electrons. The van der Waals surface area contributed by atoms with Gasteiger partial charge in [0.15, 0.2) is 0 Å². The Balaban J connectivity index is 1.83. The predicted molar refractivity (Wildman–Crippen MR) is 97.6 cm³/mol. The molecule has 0 bridgehead atoms. The lowest BCUT2D eigenvalue weighted by Gasteiger charge is -2.26. The number of carbonyl (C=O) groups excluding carboxylic acids is 1. The predicted octanol–water partition coefficient (Wildman–Crippen LogP) is 3.10. The smallest absolute Gasteiger partial charge is 0.254 e. The number of nitrogen functional groups attached to an aromatic ring is 1. The van der Waals surface area contributed by atoms with Gasteiger partial charge in [-0.1, -0.05) is 18.2 Å². The molecule has 1 saturated heterocycles. The van der Waals surface area contributed by atoms with Crippen LogP contribution in [0.5, 0.6) is 5.75 Å². The Bertz CT molecular complexity index is 709. The molecule has 132 valence electrons. The van der Waals surface area contributed by atoms with E-state index in [4.69, 9.17) is 15.2 Å². The molecule has 1 aliphatic rings. The summed E-state index contributed by atoms with van der Waals surface area (Å²) >= 11 is 0. The third kappa shape index (κ3) is 4.31. The van der Waals surface area contributed by atoms with E-state index in [-0.39, 0.29) is 12.0 Å². The third-order valence-corrected chi connectivity index (χ3v) is 4.45. The van der Waals surface area contributed by atoms with Crippen LogP contribution in [0.1, 0.15) is 28.8 Å². The van der Waals surface area contributed by atoms with E-state index in [1.54, 1.807) is 31.4 Å². The number of hydrogen-bond donors (Lipinski definition) is 1. The maximum Gasteiger partial charge on any atom is 0.254 e. The second-order valence-electron chi connectivity index (χ2n) is 6.25. The van der Waals surface area contributed by atoms with Crippen LogP contribution < -0.4 is 10.5 Å². The number of rotatable bonds is 6. The van der Waals surface area contributed by atoms with E-state index < -0.39 is 0 Å². The maximum atomic E-state index is 13.0. The highest BCUT2D eigenvalue weighted by atomic mass is 16.5. The topological polar surface area (TPSA) is 64.8 Å². The van der Waals surface area contributed by atoms with Crippen molar-refractivity contribution in [1.29, 1.82) is 0 Å². The first-order valence-corrected chi connectivity index (χ1v) is 8.55. The van der Waals surface area contributed by atoms with E-state index in [1.807, 2.05) is 29.2 Å². The monoisotopic (exact) mass is 340 g/mol. The van der Waals surface area contributed by atoms with Gasteiger partial charge in [-0.15, -0.1) is 0 Å². The van der Waals surface area contributed by atoms with Crippen LogP contribution in [0.4, 0.5) is 5.69 Å². The standard InChI is InChI=1S/C20H24N2O3/c1-24-19-7-3-2-5-16(19)13-22(14-18-6-4-12-25-18)20(23)15-8-10-17(21)11-9-15/h2-3,5,7-11,18H,4,6,12-14,21H2,1H3. The van der Waals surface area contributed by atoms with Crippen molar-refractivity contribution in [3.63, 3.8) is 0 Å². The number of nitrogens with zero attached hydrogens (tertiary/aromatic N) is 1. The summed E-state index contributed by atoms with van der Waals surface area (Å²) in [6.45, 7) is 1.82. The van der Waals surface area contributed by atoms with Gasteiger partial charge in [-0.2, -0.15) is 0 Å². The van der Waals surface area contributed by atoms with Gasteiger partial charge in [0.25, 0.3) is 5.91 Å². The lowest BCUT2D eigenvalue weighted by molar-refractivity contribution is 0.0505. The molecule has 1 unspecified atom stereocenters. The average molecular weight is 340 g/mol. The molecule has 1 atom stereocenters. The van der Waals surface area contributed by atoms with Gasteiger partial charge in [0.2, 0.25) is 0 Å². The Kier molecular flexibility index (Phi) is 5.56. The lowest BCUT2D eigenvalue weighted by Crippen LogP contribution is -2.37. The zero-order valence-corrected chi connectivity index (χ0v) is 14.5. The van der Waals surface area contributed by atoms with Crippen molar-refractivity contribution in [1.82, 2.24) is 4.90 Å². The summed E-state index contributed by atoms with van der Waals surface area (Å²) in [4.78, 5) is 14.9. The number of carbonyl (C=O) groups is 1. The summed E-state index contributed by atoms with van der Waals surface area (Å²) in [5, 5.41) is 0. The van der Waals surface area contributed by atoms with Gasteiger partial charge in [0.1, 0.15) is 5.75 Å². The Hall–Kier alpha value is -2.53. The van der Waals surface area contributed by atoms with Crippen LogP contribution in [0.25, 0.3) is 0 Å². The van der Waals surface area contributed by atoms with E-state index in [1.165, 1.54) is 0 Å². The molecule has 1 fully saturated rings. The molecule has 3 rings (SSSR count). The Morgan fingerprint density at radius 2 is 2.00 bits per heavy atom. The van der Waals surface area contributed by atoms with Crippen molar-refractivity contribution in [2.45, 2.75) is 25.5 Å².